The SMILES string of the molecule is CCCNC1CCN(C)CC1.Cl.Cl. The van der Waals surface area contributed by atoms with Gasteiger partial charge in [0.25, 0.3) is 0 Å². The fraction of sp³-hybridized carbons (Fsp3) is 1.00. The fourth-order valence-corrected chi connectivity index (χ4v) is 1.56. The third-order valence-corrected chi connectivity index (χ3v) is 2.40. The van der Waals surface area contributed by atoms with Crippen LogP contribution in [0, 0.1) is 0 Å². The topological polar surface area (TPSA) is 15.3 Å². The van der Waals surface area contributed by atoms with Gasteiger partial charge in [-0.1, -0.05) is 6.92 Å². The second-order valence-electron chi connectivity index (χ2n) is 3.53. The first-order valence-electron chi connectivity index (χ1n) is 4.75. The van der Waals surface area contributed by atoms with Crippen LogP contribution in [0.3, 0.4) is 0 Å². The highest BCUT2D eigenvalue weighted by atomic mass is 35.5. The second-order valence-corrected chi connectivity index (χ2v) is 3.53. The largest absolute Gasteiger partial charge is 0.314 e. The lowest BCUT2D eigenvalue weighted by molar-refractivity contribution is 0.235. The maximum atomic E-state index is 3.57. The molecular weight excluding hydrogens is 207 g/mol. The average molecular weight is 229 g/mol. The number of likely N-dealkylation sites (tertiary alicyclic amines) is 1. The van der Waals surface area contributed by atoms with Gasteiger partial charge in [0.1, 0.15) is 0 Å². The zero-order chi connectivity index (χ0) is 8.10. The third kappa shape index (κ3) is 6.55. The second kappa shape index (κ2) is 9.07. The molecule has 4 heteroatoms. The molecule has 82 valence electrons. The summed E-state index contributed by atoms with van der Waals surface area (Å²) in [5, 5.41) is 3.57. The molecule has 0 spiro atoms. The van der Waals surface area contributed by atoms with Crippen LogP contribution in [0.25, 0.3) is 0 Å². The Kier molecular flexibility index (Phi) is 11.1. The van der Waals surface area contributed by atoms with Crippen molar-refractivity contribution in [1.82, 2.24) is 10.2 Å². The van der Waals surface area contributed by atoms with Crippen LogP contribution in [0.15, 0.2) is 0 Å². The first-order valence-corrected chi connectivity index (χ1v) is 4.75. The Morgan fingerprint density at radius 1 is 1.23 bits per heavy atom. The van der Waals surface area contributed by atoms with Gasteiger partial charge in [0.05, 0.1) is 0 Å². The van der Waals surface area contributed by atoms with Crippen molar-refractivity contribution in [1.29, 1.82) is 0 Å². The zero-order valence-corrected chi connectivity index (χ0v) is 10.2. The van der Waals surface area contributed by atoms with E-state index in [9.17, 15) is 0 Å². The average Bonchev–Trinajstić information content (AvgIpc) is 2.04. The summed E-state index contributed by atoms with van der Waals surface area (Å²) in [4.78, 5) is 2.41. The Bertz CT molecular complexity index is 101. The molecule has 1 heterocycles. The molecule has 0 aromatic heterocycles. The van der Waals surface area contributed by atoms with Crippen molar-refractivity contribution in [2.75, 3.05) is 26.7 Å². The normalized spacial score (nSPS) is 18.9. The van der Waals surface area contributed by atoms with Crippen LogP contribution in [0.4, 0.5) is 0 Å². The van der Waals surface area contributed by atoms with E-state index in [1.807, 2.05) is 0 Å². The molecule has 1 N–H and O–H groups in total. The van der Waals surface area contributed by atoms with E-state index in [4.69, 9.17) is 0 Å². The van der Waals surface area contributed by atoms with Crippen molar-refractivity contribution < 1.29 is 0 Å². The molecule has 0 amide bonds. The summed E-state index contributed by atoms with van der Waals surface area (Å²) in [6, 6.07) is 0.797. The van der Waals surface area contributed by atoms with Gasteiger partial charge in [-0.3, -0.25) is 0 Å². The molecule has 1 saturated heterocycles. The summed E-state index contributed by atoms with van der Waals surface area (Å²) < 4.78 is 0. The Morgan fingerprint density at radius 2 is 1.77 bits per heavy atom. The number of hydrogen-bond acceptors (Lipinski definition) is 2. The quantitative estimate of drug-likeness (QED) is 0.795. The molecule has 0 aliphatic carbocycles. The molecule has 0 saturated carbocycles. The molecule has 0 unspecified atom stereocenters. The maximum absolute atomic E-state index is 3.57. The van der Waals surface area contributed by atoms with Crippen molar-refractivity contribution in [3.63, 3.8) is 0 Å². The fourth-order valence-electron chi connectivity index (χ4n) is 1.56. The summed E-state index contributed by atoms with van der Waals surface area (Å²) in [6.45, 7) is 5.94. The van der Waals surface area contributed by atoms with E-state index in [2.05, 4.69) is 24.2 Å². The van der Waals surface area contributed by atoms with Crippen molar-refractivity contribution in [2.45, 2.75) is 32.2 Å². The van der Waals surface area contributed by atoms with Crippen molar-refractivity contribution in [3.05, 3.63) is 0 Å². The number of halogens is 2. The number of nitrogens with one attached hydrogen (secondary N) is 1. The lowest BCUT2D eigenvalue weighted by Crippen LogP contribution is -2.40. The van der Waals surface area contributed by atoms with Crippen LogP contribution in [-0.4, -0.2) is 37.6 Å². The van der Waals surface area contributed by atoms with E-state index in [1.54, 1.807) is 0 Å². The molecule has 1 fully saturated rings. The van der Waals surface area contributed by atoms with E-state index in [1.165, 1.54) is 38.9 Å². The first kappa shape index (κ1) is 15.9. The van der Waals surface area contributed by atoms with Crippen molar-refractivity contribution in [3.8, 4) is 0 Å². The molecule has 1 aliphatic rings. The van der Waals surface area contributed by atoms with Gasteiger partial charge >= 0.3 is 0 Å². The van der Waals surface area contributed by atoms with Crippen LogP contribution in [0.1, 0.15) is 26.2 Å². The molecule has 0 bridgehead atoms. The smallest absolute Gasteiger partial charge is 0.00914 e. The molecule has 0 aromatic rings. The lowest BCUT2D eigenvalue weighted by Gasteiger charge is -2.29. The van der Waals surface area contributed by atoms with E-state index < -0.39 is 0 Å². The predicted octanol–water partition coefficient (Wildman–Crippen LogP) is 1.92. The standard InChI is InChI=1S/C9H20N2.2ClH/c1-3-6-10-9-4-7-11(2)8-5-9;;/h9-10H,3-8H2,1-2H3;2*1H. The Morgan fingerprint density at radius 3 is 2.23 bits per heavy atom. The third-order valence-electron chi connectivity index (χ3n) is 2.40. The number of nitrogens with zero attached hydrogens (tertiary/aromatic N) is 1. The number of piperidine rings is 1. The summed E-state index contributed by atoms with van der Waals surface area (Å²) >= 11 is 0. The monoisotopic (exact) mass is 228 g/mol. The molecule has 0 radical (unpaired) electrons. The molecule has 0 aromatic carbocycles. The van der Waals surface area contributed by atoms with Gasteiger partial charge in [-0.2, -0.15) is 0 Å². The van der Waals surface area contributed by atoms with E-state index in [-0.39, 0.29) is 24.8 Å². The highest BCUT2D eigenvalue weighted by molar-refractivity contribution is 5.85. The molecule has 1 aliphatic heterocycles. The summed E-state index contributed by atoms with van der Waals surface area (Å²) in [5.74, 6) is 0. The summed E-state index contributed by atoms with van der Waals surface area (Å²) in [5.41, 5.74) is 0. The minimum Gasteiger partial charge on any atom is -0.314 e. The highest BCUT2D eigenvalue weighted by Crippen LogP contribution is 2.07. The number of hydrogen-bond donors (Lipinski definition) is 1. The predicted molar refractivity (Wildman–Crippen MR) is 63.3 cm³/mol. The minimum absolute atomic E-state index is 0. The summed E-state index contributed by atoms with van der Waals surface area (Å²) in [7, 11) is 2.20. The Hall–Kier alpha value is 0.500. The van der Waals surface area contributed by atoms with Gasteiger partial charge in [-0.25, -0.2) is 0 Å². The Balaban J connectivity index is 0. The lowest BCUT2D eigenvalue weighted by atomic mass is 10.1. The Labute approximate surface area is 94.3 Å². The van der Waals surface area contributed by atoms with Crippen LogP contribution in [0.5, 0.6) is 0 Å². The first-order chi connectivity index (χ1) is 5.33. The van der Waals surface area contributed by atoms with Gasteiger partial charge < -0.3 is 10.2 Å². The maximum Gasteiger partial charge on any atom is 0.00914 e. The van der Waals surface area contributed by atoms with Crippen LogP contribution >= 0.6 is 24.8 Å². The molecule has 13 heavy (non-hydrogen) atoms. The molecule has 0 atom stereocenters. The van der Waals surface area contributed by atoms with Gasteiger partial charge in [-0.15, -0.1) is 24.8 Å². The zero-order valence-electron chi connectivity index (χ0n) is 8.58. The molecular formula is C9H22Cl2N2. The summed E-state index contributed by atoms with van der Waals surface area (Å²) in [6.07, 6.45) is 3.92. The molecule has 2 nitrogen and oxygen atoms in total. The van der Waals surface area contributed by atoms with E-state index in [0.717, 1.165) is 6.04 Å². The van der Waals surface area contributed by atoms with Crippen LogP contribution < -0.4 is 5.32 Å². The van der Waals surface area contributed by atoms with Crippen molar-refractivity contribution >= 4 is 24.8 Å². The van der Waals surface area contributed by atoms with Gasteiger partial charge in [-0.05, 0) is 45.9 Å². The van der Waals surface area contributed by atoms with Gasteiger partial charge in [0, 0.05) is 6.04 Å². The van der Waals surface area contributed by atoms with Gasteiger partial charge in [0.2, 0.25) is 0 Å². The number of rotatable bonds is 3. The van der Waals surface area contributed by atoms with E-state index in [0.29, 0.717) is 0 Å². The minimum atomic E-state index is 0. The van der Waals surface area contributed by atoms with Crippen LogP contribution in [-0.2, 0) is 0 Å². The van der Waals surface area contributed by atoms with E-state index >= 15 is 0 Å². The van der Waals surface area contributed by atoms with Crippen LogP contribution in [0.2, 0.25) is 0 Å². The van der Waals surface area contributed by atoms with Crippen molar-refractivity contribution in [2.24, 2.45) is 0 Å². The van der Waals surface area contributed by atoms with Gasteiger partial charge in [0.15, 0.2) is 0 Å². The highest BCUT2D eigenvalue weighted by Gasteiger charge is 2.14. The molecule has 1 rings (SSSR count).